The molecular formula is C14H20O3. The minimum absolute atomic E-state index is 0.0326. The minimum atomic E-state index is -0.303. The highest BCUT2D eigenvalue weighted by atomic mass is 16.5. The van der Waals surface area contributed by atoms with Gasteiger partial charge in [-0.05, 0) is 19.4 Å². The molecule has 0 unspecified atom stereocenters. The summed E-state index contributed by atoms with van der Waals surface area (Å²) in [6.45, 7) is 9.31. The van der Waals surface area contributed by atoms with Gasteiger partial charge in [-0.3, -0.25) is 0 Å². The van der Waals surface area contributed by atoms with Crippen molar-refractivity contribution < 1.29 is 14.3 Å². The Balaban J connectivity index is 2.53. The Kier molecular flexibility index (Phi) is 5.16. The SMILES string of the molecule is C=C/C=C(\C=C/C)C(=O)OCC1(CC)COC1. The van der Waals surface area contributed by atoms with Crippen LogP contribution in [0.25, 0.3) is 0 Å². The van der Waals surface area contributed by atoms with Crippen molar-refractivity contribution in [3.05, 3.63) is 36.5 Å². The van der Waals surface area contributed by atoms with Crippen LogP contribution in [0.5, 0.6) is 0 Å². The fourth-order valence-electron chi connectivity index (χ4n) is 1.58. The summed E-state index contributed by atoms with van der Waals surface area (Å²) in [4.78, 5) is 11.8. The van der Waals surface area contributed by atoms with Gasteiger partial charge in [0, 0.05) is 0 Å². The van der Waals surface area contributed by atoms with Gasteiger partial charge in [0.2, 0.25) is 0 Å². The van der Waals surface area contributed by atoms with E-state index in [0.29, 0.717) is 25.4 Å². The number of carbonyl (C=O) groups excluding carboxylic acids is 1. The van der Waals surface area contributed by atoms with Crippen molar-refractivity contribution in [2.45, 2.75) is 20.3 Å². The lowest BCUT2D eigenvalue weighted by molar-refractivity contribution is -0.166. The molecule has 1 saturated heterocycles. The average molecular weight is 236 g/mol. The van der Waals surface area contributed by atoms with Crippen molar-refractivity contribution in [3.8, 4) is 0 Å². The fraction of sp³-hybridized carbons (Fsp3) is 0.500. The zero-order valence-corrected chi connectivity index (χ0v) is 10.6. The molecule has 0 radical (unpaired) electrons. The molecule has 17 heavy (non-hydrogen) atoms. The van der Waals surface area contributed by atoms with Crippen molar-refractivity contribution in [1.29, 1.82) is 0 Å². The highest BCUT2D eigenvalue weighted by Crippen LogP contribution is 2.31. The molecule has 0 aromatic heterocycles. The van der Waals surface area contributed by atoms with Gasteiger partial charge in [-0.15, -0.1) is 0 Å². The van der Waals surface area contributed by atoms with Crippen molar-refractivity contribution in [2.24, 2.45) is 5.41 Å². The van der Waals surface area contributed by atoms with E-state index in [2.05, 4.69) is 13.5 Å². The molecule has 1 heterocycles. The van der Waals surface area contributed by atoms with E-state index in [1.54, 1.807) is 24.3 Å². The van der Waals surface area contributed by atoms with Gasteiger partial charge in [0.1, 0.15) is 6.61 Å². The van der Waals surface area contributed by atoms with Crippen LogP contribution >= 0.6 is 0 Å². The molecule has 0 saturated carbocycles. The quantitative estimate of drug-likeness (QED) is 0.404. The van der Waals surface area contributed by atoms with Crippen LogP contribution in [0.15, 0.2) is 36.5 Å². The number of ether oxygens (including phenoxy) is 2. The van der Waals surface area contributed by atoms with E-state index in [-0.39, 0.29) is 11.4 Å². The number of rotatable bonds is 6. The Morgan fingerprint density at radius 2 is 2.24 bits per heavy atom. The van der Waals surface area contributed by atoms with Crippen molar-refractivity contribution in [3.63, 3.8) is 0 Å². The first-order chi connectivity index (χ1) is 8.17. The van der Waals surface area contributed by atoms with E-state index in [1.165, 1.54) is 0 Å². The molecule has 94 valence electrons. The maximum absolute atomic E-state index is 11.8. The Labute approximate surface area is 103 Å². The third-order valence-corrected chi connectivity index (χ3v) is 2.96. The van der Waals surface area contributed by atoms with Gasteiger partial charge in [0.25, 0.3) is 0 Å². The first-order valence-corrected chi connectivity index (χ1v) is 5.88. The first kappa shape index (κ1) is 13.7. The Morgan fingerprint density at radius 3 is 2.65 bits per heavy atom. The largest absolute Gasteiger partial charge is 0.461 e. The lowest BCUT2D eigenvalue weighted by atomic mass is 9.84. The van der Waals surface area contributed by atoms with Crippen LogP contribution in [0.3, 0.4) is 0 Å². The van der Waals surface area contributed by atoms with Crippen LogP contribution in [0.1, 0.15) is 20.3 Å². The summed E-state index contributed by atoms with van der Waals surface area (Å²) in [5, 5.41) is 0. The number of carbonyl (C=O) groups is 1. The molecule has 0 N–H and O–H groups in total. The summed E-state index contributed by atoms with van der Waals surface area (Å²) in [7, 11) is 0. The molecule has 0 aliphatic carbocycles. The monoisotopic (exact) mass is 236 g/mol. The van der Waals surface area contributed by atoms with Crippen LogP contribution in [0.2, 0.25) is 0 Å². The average Bonchev–Trinajstić information content (AvgIpc) is 2.27. The van der Waals surface area contributed by atoms with Gasteiger partial charge < -0.3 is 9.47 Å². The Morgan fingerprint density at radius 1 is 1.53 bits per heavy atom. The number of esters is 1. The van der Waals surface area contributed by atoms with Crippen molar-refractivity contribution >= 4 is 5.97 Å². The highest BCUT2D eigenvalue weighted by Gasteiger charge is 2.38. The lowest BCUT2D eigenvalue weighted by Crippen LogP contribution is -2.46. The van der Waals surface area contributed by atoms with Gasteiger partial charge in [-0.1, -0.05) is 31.7 Å². The number of allylic oxidation sites excluding steroid dienone is 3. The van der Waals surface area contributed by atoms with Gasteiger partial charge in [-0.25, -0.2) is 4.79 Å². The molecule has 1 aliphatic heterocycles. The Bertz CT molecular complexity index is 330. The summed E-state index contributed by atoms with van der Waals surface area (Å²) >= 11 is 0. The topological polar surface area (TPSA) is 35.5 Å². The Hall–Kier alpha value is -1.35. The van der Waals surface area contributed by atoms with E-state index in [0.717, 1.165) is 6.42 Å². The van der Waals surface area contributed by atoms with Crippen LogP contribution in [-0.2, 0) is 14.3 Å². The molecule has 0 bridgehead atoms. The zero-order chi connectivity index (χ0) is 12.7. The third-order valence-electron chi connectivity index (χ3n) is 2.96. The molecule has 1 fully saturated rings. The molecule has 0 aromatic carbocycles. The van der Waals surface area contributed by atoms with E-state index in [1.807, 2.05) is 6.92 Å². The summed E-state index contributed by atoms with van der Waals surface area (Å²) in [6.07, 6.45) is 7.72. The van der Waals surface area contributed by atoms with Crippen LogP contribution in [0, 0.1) is 5.41 Å². The maximum Gasteiger partial charge on any atom is 0.338 e. The van der Waals surface area contributed by atoms with Crippen molar-refractivity contribution in [1.82, 2.24) is 0 Å². The second-order valence-corrected chi connectivity index (χ2v) is 4.28. The highest BCUT2D eigenvalue weighted by molar-refractivity contribution is 5.91. The van der Waals surface area contributed by atoms with E-state index < -0.39 is 0 Å². The van der Waals surface area contributed by atoms with Gasteiger partial charge in [-0.2, -0.15) is 0 Å². The second kappa shape index (κ2) is 6.40. The number of hydrogen-bond acceptors (Lipinski definition) is 3. The summed E-state index contributed by atoms with van der Waals surface area (Å²) in [6, 6.07) is 0. The molecule has 1 rings (SSSR count). The predicted octanol–water partition coefficient (Wildman–Crippen LogP) is 2.64. The van der Waals surface area contributed by atoms with Gasteiger partial charge in [0.15, 0.2) is 0 Å². The van der Waals surface area contributed by atoms with Crippen LogP contribution in [-0.4, -0.2) is 25.8 Å². The van der Waals surface area contributed by atoms with Crippen LogP contribution in [0.4, 0.5) is 0 Å². The summed E-state index contributed by atoms with van der Waals surface area (Å²) in [5.41, 5.74) is 0.555. The maximum atomic E-state index is 11.8. The first-order valence-electron chi connectivity index (χ1n) is 5.88. The van der Waals surface area contributed by atoms with Crippen LogP contribution < -0.4 is 0 Å². The van der Waals surface area contributed by atoms with E-state index >= 15 is 0 Å². The van der Waals surface area contributed by atoms with Crippen molar-refractivity contribution in [2.75, 3.05) is 19.8 Å². The predicted molar refractivity (Wildman–Crippen MR) is 67.6 cm³/mol. The molecule has 0 spiro atoms. The minimum Gasteiger partial charge on any atom is -0.461 e. The fourth-order valence-corrected chi connectivity index (χ4v) is 1.58. The smallest absolute Gasteiger partial charge is 0.338 e. The number of hydrogen-bond donors (Lipinski definition) is 0. The second-order valence-electron chi connectivity index (χ2n) is 4.28. The standard InChI is InChI=1S/C14H20O3/c1-4-7-12(8-5-2)13(15)17-11-14(6-3)9-16-10-14/h4-5,7-8H,1,6,9-11H2,2-3H3/b8-5-,12-7+. The van der Waals surface area contributed by atoms with Gasteiger partial charge in [0.05, 0.1) is 24.2 Å². The summed E-state index contributed by atoms with van der Waals surface area (Å²) in [5.74, 6) is -0.303. The molecular weight excluding hydrogens is 216 g/mol. The molecule has 0 atom stereocenters. The van der Waals surface area contributed by atoms with E-state index in [4.69, 9.17) is 9.47 Å². The zero-order valence-electron chi connectivity index (χ0n) is 10.6. The third kappa shape index (κ3) is 3.56. The van der Waals surface area contributed by atoms with E-state index in [9.17, 15) is 4.79 Å². The normalized spacial score (nSPS) is 18.8. The molecule has 3 heteroatoms. The lowest BCUT2D eigenvalue weighted by Gasteiger charge is -2.39. The van der Waals surface area contributed by atoms with Gasteiger partial charge >= 0.3 is 5.97 Å². The summed E-state index contributed by atoms with van der Waals surface area (Å²) < 4.78 is 10.5. The molecule has 1 aliphatic rings. The molecule has 0 aromatic rings. The molecule has 3 nitrogen and oxygen atoms in total. The molecule has 0 amide bonds.